The van der Waals surface area contributed by atoms with Crippen molar-refractivity contribution in [2.24, 2.45) is 0 Å². The van der Waals surface area contributed by atoms with Crippen molar-refractivity contribution in [3.05, 3.63) is 72.6 Å². The fourth-order valence-corrected chi connectivity index (χ4v) is 3.63. The number of morpholine rings is 1. The number of amides is 1. The third-order valence-electron chi connectivity index (χ3n) is 5.21. The monoisotopic (exact) mass is 433 g/mol. The summed E-state index contributed by atoms with van der Waals surface area (Å²) in [4.78, 5) is 19.1. The number of nitrogens with one attached hydrogen (secondary N) is 1. The molecule has 0 radical (unpaired) electrons. The van der Waals surface area contributed by atoms with Gasteiger partial charge >= 0.3 is 0 Å². The van der Waals surface area contributed by atoms with Crippen LogP contribution in [0.5, 0.6) is 17.2 Å². The summed E-state index contributed by atoms with van der Waals surface area (Å²) in [6, 6.07) is 16.4. The van der Waals surface area contributed by atoms with Gasteiger partial charge in [-0.15, -0.1) is 0 Å². The van der Waals surface area contributed by atoms with E-state index in [-0.39, 0.29) is 11.5 Å². The number of nitrogens with zero attached hydrogens (tertiary/aromatic N) is 2. The van der Waals surface area contributed by atoms with Crippen LogP contribution in [0, 0.1) is 0 Å². The van der Waals surface area contributed by atoms with Crippen LogP contribution in [0.25, 0.3) is 0 Å². The van der Waals surface area contributed by atoms with E-state index in [2.05, 4.69) is 29.0 Å². The van der Waals surface area contributed by atoms with Crippen molar-refractivity contribution in [2.45, 2.75) is 19.4 Å². The van der Waals surface area contributed by atoms with Crippen molar-refractivity contribution in [1.29, 1.82) is 0 Å². The maximum Gasteiger partial charge on any atom is 0.255 e. The highest BCUT2D eigenvalue weighted by atomic mass is 16.5. The average molecular weight is 434 g/mol. The topological polar surface area (TPSA) is 72.9 Å². The van der Waals surface area contributed by atoms with Gasteiger partial charge in [0.25, 0.3) is 5.91 Å². The van der Waals surface area contributed by atoms with E-state index in [1.54, 1.807) is 49.8 Å². The Morgan fingerprint density at radius 2 is 1.94 bits per heavy atom. The number of methoxy groups -OCH3 is 1. The summed E-state index contributed by atoms with van der Waals surface area (Å²) in [5, 5.41) is 2.94. The molecule has 0 atom stereocenters. The molecule has 0 spiro atoms. The van der Waals surface area contributed by atoms with Crippen LogP contribution in [-0.2, 0) is 4.74 Å². The number of carbonyl (C=O) groups excluding carboxylic acids is 1. The molecule has 1 amide bonds. The van der Waals surface area contributed by atoms with Gasteiger partial charge in [0.1, 0.15) is 17.2 Å². The average Bonchev–Trinajstić information content (AvgIpc) is 2.80. The summed E-state index contributed by atoms with van der Waals surface area (Å²) < 4.78 is 17.1. The molecule has 4 rings (SSSR count). The largest absolute Gasteiger partial charge is 0.494 e. The third-order valence-corrected chi connectivity index (χ3v) is 5.21. The molecular formula is C25H27N3O4. The number of ether oxygens (including phenoxy) is 3. The summed E-state index contributed by atoms with van der Waals surface area (Å²) in [7, 11) is 1.60. The zero-order chi connectivity index (χ0) is 22.6. The minimum Gasteiger partial charge on any atom is -0.494 e. The Kier molecular flexibility index (Phi) is 6.28. The van der Waals surface area contributed by atoms with Crippen molar-refractivity contribution in [3.8, 4) is 17.2 Å². The van der Waals surface area contributed by atoms with E-state index in [9.17, 15) is 4.79 Å². The highest BCUT2D eigenvalue weighted by Gasteiger charge is 2.27. The van der Waals surface area contributed by atoms with E-state index in [1.165, 1.54) is 0 Å². The molecule has 0 aliphatic carbocycles. The summed E-state index contributed by atoms with van der Waals surface area (Å²) in [5.41, 5.74) is 1.97. The van der Waals surface area contributed by atoms with Gasteiger partial charge < -0.3 is 24.4 Å². The molecule has 1 aromatic heterocycles. The van der Waals surface area contributed by atoms with Crippen LogP contribution < -0.4 is 19.7 Å². The quantitative estimate of drug-likeness (QED) is 0.605. The molecule has 1 aliphatic rings. The number of rotatable bonds is 6. The molecule has 3 aromatic rings. The van der Waals surface area contributed by atoms with Gasteiger partial charge in [0, 0.05) is 36.6 Å². The van der Waals surface area contributed by atoms with E-state index in [0.717, 1.165) is 18.8 Å². The standard InChI is InChI=1S/C25H27N3O4/c1-25(2)17-28(13-14-31-25)19-8-11-22(23(15-19)30-3)27-24(29)18-6-9-20(10-7-18)32-21-5-4-12-26-16-21/h4-12,15-16H,13-14,17H2,1-3H3,(H,27,29). The first-order chi connectivity index (χ1) is 15.4. The lowest BCUT2D eigenvalue weighted by Crippen LogP contribution is -2.48. The van der Waals surface area contributed by atoms with Crippen molar-refractivity contribution in [3.63, 3.8) is 0 Å². The van der Waals surface area contributed by atoms with Crippen molar-refractivity contribution >= 4 is 17.3 Å². The van der Waals surface area contributed by atoms with Crippen LogP contribution in [0.15, 0.2) is 67.0 Å². The smallest absolute Gasteiger partial charge is 0.255 e. The van der Waals surface area contributed by atoms with Crippen LogP contribution in [0.1, 0.15) is 24.2 Å². The second kappa shape index (κ2) is 9.28. The van der Waals surface area contributed by atoms with Crippen molar-refractivity contribution in [2.75, 3.05) is 37.0 Å². The number of anilines is 2. The second-order valence-electron chi connectivity index (χ2n) is 8.18. The maximum absolute atomic E-state index is 12.8. The minimum atomic E-state index is -0.225. The number of benzene rings is 2. The lowest BCUT2D eigenvalue weighted by Gasteiger charge is -2.39. The molecular weight excluding hydrogens is 406 g/mol. The van der Waals surface area contributed by atoms with Crippen molar-refractivity contribution in [1.82, 2.24) is 4.98 Å². The van der Waals surface area contributed by atoms with Crippen LogP contribution in [0.3, 0.4) is 0 Å². The molecule has 166 valence electrons. The fourth-order valence-electron chi connectivity index (χ4n) is 3.63. The van der Waals surface area contributed by atoms with Crippen LogP contribution in [0.4, 0.5) is 11.4 Å². The van der Waals surface area contributed by atoms with E-state index >= 15 is 0 Å². The predicted octanol–water partition coefficient (Wildman–Crippen LogP) is 4.75. The summed E-state index contributed by atoms with van der Waals surface area (Å²) >= 11 is 0. The van der Waals surface area contributed by atoms with E-state index < -0.39 is 0 Å². The minimum absolute atomic E-state index is 0.203. The first-order valence-corrected chi connectivity index (χ1v) is 10.5. The number of pyridine rings is 1. The molecule has 0 bridgehead atoms. The zero-order valence-electron chi connectivity index (χ0n) is 18.5. The van der Waals surface area contributed by atoms with Gasteiger partial charge in [-0.1, -0.05) is 0 Å². The molecule has 1 fully saturated rings. The summed E-state index contributed by atoms with van der Waals surface area (Å²) in [5.74, 6) is 1.65. The molecule has 0 unspecified atom stereocenters. The van der Waals surface area contributed by atoms with Crippen LogP contribution in [0.2, 0.25) is 0 Å². The predicted molar refractivity (Wildman–Crippen MR) is 124 cm³/mol. The molecule has 0 saturated carbocycles. The molecule has 1 N–H and O–H groups in total. The maximum atomic E-state index is 12.8. The van der Waals surface area contributed by atoms with E-state index in [4.69, 9.17) is 14.2 Å². The Morgan fingerprint density at radius 3 is 2.62 bits per heavy atom. The van der Waals surface area contributed by atoms with Crippen LogP contribution >= 0.6 is 0 Å². The highest BCUT2D eigenvalue weighted by Crippen LogP contribution is 2.32. The Hall–Kier alpha value is -3.58. The number of hydrogen-bond donors (Lipinski definition) is 1. The number of hydrogen-bond acceptors (Lipinski definition) is 6. The third kappa shape index (κ3) is 5.18. The van der Waals surface area contributed by atoms with Crippen molar-refractivity contribution < 1.29 is 19.0 Å². The van der Waals surface area contributed by atoms with Gasteiger partial charge in [-0.2, -0.15) is 0 Å². The molecule has 2 aromatic carbocycles. The molecule has 2 heterocycles. The van der Waals surface area contributed by atoms with Gasteiger partial charge in [-0.3, -0.25) is 9.78 Å². The molecule has 1 saturated heterocycles. The Bertz CT molecular complexity index is 1070. The number of carbonyl (C=O) groups is 1. The second-order valence-corrected chi connectivity index (χ2v) is 8.18. The summed E-state index contributed by atoms with van der Waals surface area (Å²) in [6.45, 7) is 6.44. The molecule has 1 aliphatic heterocycles. The van der Waals surface area contributed by atoms with Gasteiger partial charge in [0.15, 0.2) is 0 Å². The Balaban J connectivity index is 1.44. The molecule has 7 heteroatoms. The first-order valence-electron chi connectivity index (χ1n) is 10.5. The highest BCUT2D eigenvalue weighted by molar-refractivity contribution is 6.05. The lowest BCUT2D eigenvalue weighted by molar-refractivity contribution is -0.0277. The van der Waals surface area contributed by atoms with Gasteiger partial charge in [0.2, 0.25) is 0 Å². The van der Waals surface area contributed by atoms with Gasteiger partial charge in [-0.05, 0) is 62.4 Å². The summed E-state index contributed by atoms with van der Waals surface area (Å²) in [6.07, 6.45) is 3.32. The van der Waals surface area contributed by atoms with Gasteiger partial charge in [-0.25, -0.2) is 0 Å². The Morgan fingerprint density at radius 1 is 1.12 bits per heavy atom. The fraction of sp³-hybridized carbons (Fsp3) is 0.280. The molecule has 7 nitrogen and oxygen atoms in total. The number of aromatic nitrogens is 1. The van der Waals surface area contributed by atoms with E-state index in [0.29, 0.717) is 35.1 Å². The van der Waals surface area contributed by atoms with E-state index in [1.807, 2.05) is 24.3 Å². The first kappa shape index (κ1) is 21.6. The normalized spacial score (nSPS) is 15.2. The SMILES string of the molecule is COc1cc(N2CCOC(C)(C)C2)ccc1NC(=O)c1ccc(Oc2cccnc2)cc1. The lowest BCUT2D eigenvalue weighted by atomic mass is 10.1. The van der Waals surface area contributed by atoms with Gasteiger partial charge in [0.05, 0.1) is 31.2 Å². The molecule has 32 heavy (non-hydrogen) atoms. The van der Waals surface area contributed by atoms with Crippen LogP contribution in [-0.4, -0.2) is 43.3 Å². The Labute approximate surface area is 187 Å². The zero-order valence-corrected chi connectivity index (χ0v) is 18.5.